The Labute approximate surface area is 229 Å². The van der Waals surface area contributed by atoms with Crippen LogP contribution in [0.2, 0.25) is 0 Å². The summed E-state index contributed by atoms with van der Waals surface area (Å²) in [5.74, 6) is 0.109. The van der Waals surface area contributed by atoms with Crippen molar-refractivity contribution in [3.05, 3.63) is 95.0 Å². The van der Waals surface area contributed by atoms with Crippen molar-refractivity contribution < 1.29 is 23.8 Å². The first-order chi connectivity index (χ1) is 18.8. The number of ketones is 1. The standard InChI is InChI=1S/C32H36N2O5/c1-21(2)20-39-26-12-11-24(18-22(26)3)30(35)28-29(27-10-7-17-38-27)34(32(37)31(28)36)25-13-15-33(16-14-25)19-23-8-5-4-6-9-23/h4-12,17-18,21,25,29,35H,13-16,19-20H2,1-3H3/b30-28-. The fourth-order valence-electron chi connectivity index (χ4n) is 5.52. The van der Waals surface area contributed by atoms with Gasteiger partial charge in [-0.3, -0.25) is 14.5 Å². The third-order valence-electron chi connectivity index (χ3n) is 7.51. The number of aliphatic hydroxyl groups is 1. The average Bonchev–Trinajstić information content (AvgIpc) is 3.55. The van der Waals surface area contributed by atoms with Crippen LogP contribution >= 0.6 is 0 Å². The number of Topliss-reactive ketones (excluding diaryl/α,β-unsaturated/α-hetero) is 1. The monoisotopic (exact) mass is 528 g/mol. The van der Waals surface area contributed by atoms with Gasteiger partial charge < -0.3 is 19.2 Å². The molecule has 1 amide bonds. The van der Waals surface area contributed by atoms with Crippen molar-refractivity contribution in [1.29, 1.82) is 0 Å². The number of amides is 1. The van der Waals surface area contributed by atoms with Crippen LogP contribution < -0.4 is 4.74 Å². The van der Waals surface area contributed by atoms with E-state index in [1.807, 2.05) is 25.1 Å². The van der Waals surface area contributed by atoms with Gasteiger partial charge in [-0.15, -0.1) is 0 Å². The van der Waals surface area contributed by atoms with Gasteiger partial charge in [0.25, 0.3) is 11.7 Å². The van der Waals surface area contributed by atoms with Gasteiger partial charge >= 0.3 is 0 Å². The number of rotatable bonds is 8. The Balaban J connectivity index is 1.41. The number of ether oxygens (including phenoxy) is 1. The Hall–Kier alpha value is -3.84. The highest BCUT2D eigenvalue weighted by Gasteiger charge is 2.50. The molecule has 39 heavy (non-hydrogen) atoms. The molecule has 2 saturated heterocycles. The zero-order valence-corrected chi connectivity index (χ0v) is 22.8. The van der Waals surface area contributed by atoms with Gasteiger partial charge in [0.15, 0.2) is 0 Å². The predicted octanol–water partition coefficient (Wildman–Crippen LogP) is 5.71. The summed E-state index contributed by atoms with van der Waals surface area (Å²) in [6.45, 7) is 9.12. The summed E-state index contributed by atoms with van der Waals surface area (Å²) < 4.78 is 11.6. The maximum absolute atomic E-state index is 13.5. The third kappa shape index (κ3) is 5.64. The summed E-state index contributed by atoms with van der Waals surface area (Å²) in [4.78, 5) is 30.9. The number of carbonyl (C=O) groups is 2. The van der Waals surface area contributed by atoms with Crippen molar-refractivity contribution in [1.82, 2.24) is 9.80 Å². The second-order valence-electron chi connectivity index (χ2n) is 10.9. The minimum Gasteiger partial charge on any atom is -0.507 e. The Morgan fingerprint density at radius 3 is 2.44 bits per heavy atom. The third-order valence-corrected chi connectivity index (χ3v) is 7.51. The number of aryl methyl sites for hydroxylation is 1. The lowest BCUT2D eigenvalue weighted by atomic mass is 9.96. The molecular formula is C32H36N2O5. The number of likely N-dealkylation sites (tertiary alicyclic amines) is 2. The number of carbonyl (C=O) groups excluding carboxylic acids is 2. The minimum atomic E-state index is -0.775. The normalized spacial score (nSPS) is 20.2. The number of piperidine rings is 1. The Morgan fingerprint density at radius 1 is 1.05 bits per heavy atom. The summed E-state index contributed by atoms with van der Waals surface area (Å²) in [5, 5.41) is 11.4. The van der Waals surface area contributed by atoms with Crippen LogP contribution in [-0.2, 0) is 16.1 Å². The molecule has 2 fully saturated rings. The van der Waals surface area contributed by atoms with Crippen LogP contribution in [0.4, 0.5) is 0 Å². The lowest BCUT2D eigenvalue weighted by Gasteiger charge is -2.38. The highest BCUT2D eigenvalue weighted by atomic mass is 16.5. The molecule has 7 nitrogen and oxygen atoms in total. The topological polar surface area (TPSA) is 83.2 Å². The number of furan rings is 1. The lowest BCUT2D eigenvalue weighted by Crippen LogP contribution is -2.46. The second-order valence-corrected chi connectivity index (χ2v) is 10.9. The zero-order chi connectivity index (χ0) is 27.5. The number of hydrogen-bond acceptors (Lipinski definition) is 6. The lowest BCUT2D eigenvalue weighted by molar-refractivity contribution is -0.142. The first kappa shape index (κ1) is 26.8. The molecule has 204 valence electrons. The first-order valence-corrected chi connectivity index (χ1v) is 13.7. The van der Waals surface area contributed by atoms with Crippen LogP contribution in [0.15, 0.2) is 76.9 Å². The van der Waals surface area contributed by atoms with E-state index in [0.29, 0.717) is 23.8 Å². The molecule has 0 radical (unpaired) electrons. The molecule has 0 aliphatic carbocycles. The predicted molar refractivity (Wildman–Crippen MR) is 149 cm³/mol. The van der Waals surface area contributed by atoms with Gasteiger partial charge in [-0.2, -0.15) is 0 Å². The quantitative estimate of drug-likeness (QED) is 0.229. The van der Waals surface area contributed by atoms with Crippen LogP contribution in [0.25, 0.3) is 5.76 Å². The molecule has 3 aromatic rings. The van der Waals surface area contributed by atoms with E-state index in [1.54, 1.807) is 35.2 Å². The van der Waals surface area contributed by atoms with E-state index in [9.17, 15) is 14.7 Å². The summed E-state index contributed by atoms with van der Waals surface area (Å²) in [5.41, 5.74) is 2.63. The van der Waals surface area contributed by atoms with E-state index in [4.69, 9.17) is 9.15 Å². The summed E-state index contributed by atoms with van der Waals surface area (Å²) in [7, 11) is 0. The maximum Gasteiger partial charge on any atom is 0.296 e. The largest absolute Gasteiger partial charge is 0.507 e. The van der Waals surface area contributed by atoms with Crippen molar-refractivity contribution >= 4 is 17.4 Å². The van der Waals surface area contributed by atoms with Gasteiger partial charge in [0.05, 0.1) is 18.4 Å². The van der Waals surface area contributed by atoms with Crippen molar-refractivity contribution in [2.45, 2.75) is 52.2 Å². The van der Waals surface area contributed by atoms with Crippen molar-refractivity contribution in [3.63, 3.8) is 0 Å². The highest BCUT2D eigenvalue weighted by Crippen LogP contribution is 2.42. The number of benzene rings is 2. The fraction of sp³-hybridized carbons (Fsp3) is 0.375. The van der Waals surface area contributed by atoms with Gasteiger partial charge in [0.2, 0.25) is 0 Å². The molecule has 1 atom stereocenters. The van der Waals surface area contributed by atoms with Gasteiger partial charge in [0.1, 0.15) is 23.3 Å². The fourth-order valence-corrected chi connectivity index (χ4v) is 5.52. The van der Waals surface area contributed by atoms with Crippen molar-refractivity contribution in [3.8, 4) is 5.75 Å². The number of nitrogens with zero attached hydrogens (tertiary/aromatic N) is 2. The molecule has 5 rings (SSSR count). The van der Waals surface area contributed by atoms with Gasteiger partial charge in [-0.05, 0) is 67.1 Å². The molecule has 1 N–H and O–H groups in total. The molecule has 3 heterocycles. The van der Waals surface area contributed by atoms with Crippen LogP contribution in [0, 0.1) is 12.8 Å². The van der Waals surface area contributed by atoms with E-state index >= 15 is 0 Å². The second kappa shape index (κ2) is 11.5. The molecule has 2 aliphatic heterocycles. The Morgan fingerprint density at radius 2 is 1.79 bits per heavy atom. The van der Waals surface area contributed by atoms with Crippen molar-refractivity contribution in [2.75, 3.05) is 19.7 Å². The molecule has 0 saturated carbocycles. The van der Waals surface area contributed by atoms with Crippen LogP contribution in [0.1, 0.15) is 55.2 Å². The summed E-state index contributed by atoms with van der Waals surface area (Å²) in [6.07, 6.45) is 3.00. The Kier molecular flexibility index (Phi) is 7.89. The first-order valence-electron chi connectivity index (χ1n) is 13.7. The van der Waals surface area contributed by atoms with Crippen LogP contribution in [-0.4, -0.2) is 52.3 Å². The van der Waals surface area contributed by atoms with Gasteiger partial charge in [-0.1, -0.05) is 44.2 Å². The zero-order valence-electron chi connectivity index (χ0n) is 22.8. The van der Waals surface area contributed by atoms with E-state index in [2.05, 4.69) is 30.9 Å². The molecule has 1 aromatic heterocycles. The van der Waals surface area contributed by atoms with Crippen molar-refractivity contribution in [2.24, 2.45) is 5.92 Å². The van der Waals surface area contributed by atoms with E-state index in [1.165, 1.54) is 11.8 Å². The average molecular weight is 529 g/mol. The molecule has 0 spiro atoms. The molecule has 1 unspecified atom stereocenters. The van der Waals surface area contributed by atoms with Crippen LogP contribution in [0.5, 0.6) is 5.75 Å². The smallest absolute Gasteiger partial charge is 0.296 e. The minimum absolute atomic E-state index is 0.0666. The Bertz CT molecular complexity index is 1340. The highest BCUT2D eigenvalue weighted by molar-refractivity contribution is 6.46. The molecule has 7 heteroatoms. The van der Waals surface area contributed by atoms with E-state index in [-0.39, 0.29) is 17.4 Å². The van der Waals surface area contributed by atoms with E-state index in [0.717, 1.165) is 43.8 Å². The molecule has 0 bridgehead atoms. The molecular weight excluding hydrogens is 492 g/mol. The van der Waals surface area contributed by atoms with E-state index < -0.39 is 17.7 Å². The van der Waals surface area contributed by atoms with Gasteiger partial charge in [0, 0.05) is 31.2 Å². The number of aliphatic hydroxyl groups excluding tert-OH is 1. The SMILES string of the molecule is Cc1cc(/C(O)=C2/C(=O)C(=O)N(C3CCN(Cc4ccccc4)CC3)C2c2ccco2)ccc1OCC(C)C. The summed E-state index contributed by atoms with van der Waals surface area (Å²) in [6, 6.07) is 18.2. The maximum atomic E-state index is 13.5. The summed E-state index contributed by atoms with van der Waals surface area (Å²) >= 11 is 0. The van der Waals surface area contributed by atoms with Crippen LogP contribution in [0.3, 0.4) is 0 Å². The molecule has 2 aliphatic rings. The molecule has 2 aromatic carbocycles. The van der Waals surface area contributed by atoms with Gasteiger partial charge in [-0.25, -0.2) is 0 Å². The number of hydrogen-bond donors (Lipinski definition) is 1.